The SMILES string of the molecule is CC1(C)OCC(CC([N+](=O)[O-])[N+](=O)[O-])([N+](=O)[O-])CO1. The zero-order valence-electron chi connectivity index (χ0n) is 10.3. The molecule has 0 spiro atoms. The third-order valence-corrected chi connectivity index (χ3v) is 2.81. The van der Waals surface area contributed by atoms with Crippen molar-refractivity contribution >= 4 is 0 Å². The Morgan fingerprint density at radius 2 is 1.47 bits per heavy atom. The van der Waals surface area contributed by atoms with E-state index in [2.05, 4.69) is 0 Å². The van der Waals surface area contributed by atoms with E-state index < -0.39 is 51.9 Å². The Labute approximate surface area is 106 Å². The molecule has 19 heavy (non-hydrogen) atoms. The minimum Gasteiger partial charge on any atom is -0.343 e. The van der Waals surface area contributed by atoms with E-state index in [-0.39, 0.29) is 0 Å². The van der Waals surface area contributed by atoms with Gasteiger partial charge in [-0.3, -0.25) is 30.3 Å². The van der Waals surface area contributed by atoms with Crippen molar-refractivity contribution < 1.29 is 24.2 Å². The molecule has 1 fully saturated rings. The first-order chi connectivity index (χ1) is 8.60. The van der Waals surface area contributed by atoms with Crippen LogP contribution in [0.3, 0.4) is 0 Å². The van der Waals surface area contributed by atoms with Crippen LogP contribution in [0.2, 0.25) is 0 Å². The van der Waals surface area contributed by atoms with Gasteiger partial charge < -0.3 is 9.47 Å². The maximum absolute atomic E-state index is 11.1. The van der Waals surface area contributed by atoms with Gasteiger partial charge in [0.05, 0.1) is 9.85 Å². The molecule has 0 unspecified atom stereocenters. The second-order valence-electron chi connectivity index (χ2n) is 4.71. The minimum absolute atomic E-state index is 0.481. The van der Waals surface area contributed by atoms with Crippen molar-refractivity contribution in [2.24, 2.45) is 0 Å². The number of nitro groups is 3. The molecule has 0 radical (unpaired) electrons. The van der Waals surface area contributed by atoms with Crippen molar-refractivity contribution in [3.63, 3.8) is 0 Å². The van der Waals surface area contributed by atoms with Gasteiger partial charge in [0.15, 0.2) is 12.2 Å². The normalized spacial score (nSPS) is 21.0. The summed E-state index contributed by atoms with van der Waals surface area (Å²) < 4.78 is 10.2. The standard InChI is InChI=1S/C8H13N3O8/c1-7(2)18-4-8(5-19-7,11(16)17)3-6(9(12)13)10(14)15/h6H,3-5H2,1-2H3. The molecule has 1 heterocycles. The van der Waals surface area contributed by atoms with Crippen LogP contribution in [0.4, 0.5) is 0 Å². The Balaban J connectivity index is 2.93. The van der Waals surface area contributed by atoms with Gasteiger partial charge in [-0.1, -0.05) is 0 Å². The minimum atomic E-state index is -2.26. The lowest BCUT2D eigenvalue weighted by molar-refractivity contribution is -0.754. The Kier molecular flexibility index (Phi) is 4.00. The molecular weight excluding hydrogens is 266 g/mol. The molecule has 0 saturated carbocycles. The summed E-state index contributed by atoms with van der Waals surface area (Å²) in [6, 6.07) is 0. The first kappa shape index (κ1) is 15.2. The fourth-order valence-corrected chi connectivity index (χ4v) is 1.56. The fraction of sp³-hybridized carbons (Fsp3) is 1.00. The second-order valence-corrected chi connectivity index (χ2v) is 4.71. The maximum Gasteiger partial charge on any atom is 0.457 e. The van der Waals surface area contributed by atoms with Crippen LogP contribution < -0.4 is 0 Å². The van der Waals surface area contributed by atoms with E-state index in [0.717, 1.165) is 0 Å². The summed E-state index contributed by atoms with van der Waals surface area (Å²) in [6.45, 7) is 2.08. The van der Waals surface area contributed by atoms with Crippen molar-refractivity contribution in [2.45, 2.75) is 37.8 Å². The number of rotatable bonds is 5. The lowest BCUT2D eigenvalue weighted by Crippen LogP contribution is -2.58. The van der Waals surface area contributed by atoms with Crippen LogP contribution in [0.15, 0.2) is 0 Å². The van der Waals surface area contributed by atoms with E-state index in [9.17, 15) is 30.3 Å². The van der Waals surface area contributed by atoms with Crippen LogP contribution >= 0.6 is 0 Å². The predicted molar refractivity (Wildman–Crippen MR) is 58.1 cm³/mol. The Morgan fingerprint density at radius 1 is 1.05 bits per heavy atom. The zero-order valence-corrected chi connectivity index (χ0v) is 10.3. The summed E-state index contributed by atoms with van der Waals surface area (Å²) in [4.78, 5) is 29.1. The van der Waals surface area contributed by atoms with E-state index >= 15 is 0 Å². The van der Waals surface area contributed by atoms with Crippen molar-refractivity contribution in [1.82, 2.24) is 0 Å². The van der Waals surface area contributed by atoms with Gasteiger partial charge in [0.1, 0.15) is 13.2 Å². The highest BCUT2D eigenvalue weighted by molar-refractivity contribution is 4.85. The third-order valence-electron chi connectivity index (χ3n) is 2.81. The molecule has 108 valence electrons. The molecule has 11 nitrogen and oxygen atoms in total. The lowest BCUT2D eigenvalue weighted by Gasteiger charge is -2.37. The lowest BCUT2D eigenvalue weighted by atomic mass is 9.95. The van der Waals surface area contributed by atoms with Gasteiger partial charge in [0.25, 0.3) is 5.54 Å². The first-order valence-electron chi connectivity index (χ1n) is 5.29. The maximum atomic E-state index is 11.1. The number of hydrogen-bond donors (Lipinski definition) is 0. The molecule has 1 rings (SSSR count). The molecule has 0 aromatic carbocycles. The summed E-state index contributed by atoms with van der Waals surface area (Å²) >= 11 is 0. The Bertz CT molecular complexity index is 385. The average molecular weight is 279 g/mol. The molecule has 0 amide bonds. The molecule has 1 aliphatic rings. The molecule has 0 N–H and O–H groups in total. The van der Waals surface area contributed by atoms with E-state index in [1.54, 1.807) is 0 Å². The molecule has 11 heteroatoms. The molecule has 0 atom stereocenters. The van der Waals surface area contributed by atoms with Crippen molar-refractivity contribution in [3.05, 3.63) is 30.3 Å². The summed E-state index contributed by atoms with van der Waals surface area (Å²) in [5.74, 6) is -1.06. The summed E-state index contributed by atoms with van der Waals surface area (Å²) in [5.41, 5.74) is -1.99. The molecular formula is C8H13N3O8. The molecule has 0 bridgehead atoms. The number of hydrogen-bond acceptors (Lipinski definition) is 8. The number of nitrogens with zero attached hydrogens (tertiary/aromatic N) is 3. The highest BCUT2D eigenvalue weighted by Crippen LogP contribution is 2.29. The van der Waals surface area contributed by atoms with E-state index in [1.807, 2.05) is 0 Å². The molecule has 1 saturated heterocycles. The largest absolute Gasteiger partial charge is 0.457 e. The van der Waals surface area contributed by atoms with Crippen molar-refractivity contribution in [1.29, 1.82) is 0 Å². The Morgan fingerprint density at radius 3 is 1.79 bits per heavy atom. The molecule has 0 aliphatic carbocycles. The quantitative estimate of drug-likeness (QED) is 0.389. The van der Waals surface area contributed by atoms with Crippen LogP contribution in [0.25, 0.3) is 0 Å². The van der Waals surface area contributed by atoms with Crippen LogP contribution in [-0.4, -0.2) is 45.5 Å². The topological polar surface area (TPSA) is 148 Å². The number of ether oxygens (including phenoxy) is 2. The second kappa shape index (κ2) is 5.01. The van der Waals surface area contributed by atoms with Gasteiger partial charge in [0.2, 0.25) is 0 Å². The van der Waals surface area contributed by atoms with Crippen LogP contribution in [0.5, 0.6) is 0 Å². The van der Waals surface area contributed by atoms with Crippen LogP contribution in [0.1, 0.15) is 20.3 Å². The van der Waals surface area contributed by atoms with Gasteiger partial charge in [-0.25, -0.2) is 0 Å². The molecule has 0 aromatic heterocycles. The highest BCUT2D eigenvalue weighted by atomic mass is 16.7. The molecule has 0 aromatic rings. The van der Waals surface area contributed by atoms with Gasteiger partial charge >= 0.3 is 6.17 Å². The zero-order chi connectivity index (χ0) is 14.8. The van der Waals surface area contributed by atoms with E-state index in [0.29, 0.717) is 0 Å². The monoisotopic (exact) mass is 279 g/mol. The summed E-state index contributed by atoms with van der Waals surface area (Å²) in [6.07, 6.45) is -3.16. The average Bonchev–Trinajstić information content (AvgIpc) is 2.26. The van der Waals surface area contributed by atoms with Gasteiger partial charge in [-0.05, 0) is 13.8 Å². The van der Waals surface area contributed by atoms with Crippen LogP contribution in [-0.2, 0) is 9.47 Å². The van der Waals surface area contributed by atoms with E-state index in [1.165, 1.54) is 13.8 Å². The first-order valence-corrected chi connectivity index (χ1v) is 5.29. The Hall–Kier alpha value is -1.88. The van der Waals surface area contributed by atoms with Gasteiger partial charge in [-0.15, -0.1) is 0 Å². The summed E-state index contributed by atoms with van der Waals surface area (Å²) in [7, 11) is 0. The van der Waals surface area contributed by atoms with Gasteiger partial charge in [0, 0.05) is 4.92 Å². The molecule has 1 aliphatic heterocycles. The predicted octanol–water partition coefficient (Wildman–Crippen LogP) is 0.0544. The van der Waals surface area contributed by atoms with Crippen LogP contribution in [0, 0.1) is 30.3 Å². The van der Waals surface area contributed by atoms with Gasteiger partial charge in [-0.2, -0.15) is 0 Å². The summed E-state index contributed by atoms with van der Waals surface area (Å²) in [5, 5.41) is 32.2. The van der Waals surface area contributed by atoms with Crippen molar-refractivity contribution in [2.75, 3.05) is 13.2 Å². The fourth-order valence-electron chi connectivity index (χ4n) is 1.56. The highest BCUT2D eigenvalue weighted by Gasteiger charge is 2.57. The van der Waals surface area contributed by atoms with E-state index in [4.69, 9.17) is 9.47 Å². The van der Waals surface area contributed by atoms with Crippen molar-refractivity contribution in [3.8, 4) is 0 Å². The smallest absolute Gasteiger partial charge is 0.343 e. The third kappa shape index (κ3) is 3.32.